The normalized spacial score (nSPS) is 15.5. The molecule has 1 amide bonds. The number of anilines is 3. The number of nitrogens with zero attached hydrogens (tertiary/aromatic N) is 3. The second kappa shape index (κ2) is 10.3. The molecule has 0 aliphatic carbocycles. The molecule has 9 nitrogen and oxygen atoms in total. The summed E-state index contributed by atoms with van der Waals surface area (Å²) in [5.41, 5.74) is 3.78. The Bertz CT molecular complexity index is 1470. The maximum absolute atomic E-state index is 13.8. The van der Waals surface area contributed by atoms with Gasteiger partial charge < -0.3 is 30.0 Å². The molecule has 1 aliphatic rings. The number of nitrogens with one attached hydrogen (secondary N) is 3. The lowest BCUT2D eigenvalue weighted by atomic mass is 10.1. The molecule has 3 heterocycles. The molecule has 1 atom stereocenters. The molecule has 0 spiro atoms. The maximum atomic E-state index is 13.8. The molecule has 1 aliphatic heterocycles. The Balaban J connectivity index is 1.50. The average Bonchev–Trinajstić information content (AvgIpc) is 3.50. The summed E-state index contributed by atoms with van der Waals surface area (Å²) in [4.78, 5) is 26.5. The van der Waals surface area contributed by atoms with Gasteiger partial charge in [0.05, 0.1) is 30.2 Å². The second-order valence-corrected chi connectivity index (χ2v) is 8.83. The van der Waals surface area contributed by atoms with Crippen molar-refractivity contribution in [3.05, 3.63) is 67.3 Å². The third-order valence-corrected chi connectivity index (χ3v) is 6.18. The van der Waals surface area contributed by atoms with Crippen LogP contribution in [0.2, 0.25) is 0 Å². The van der Waals surface area contributed by atoms with Gasteiger partial charge in [0.2, 0.25) is 11.9 Å². The summed E-state index contributed by atoms with van der Waals surface area (Å²) in [5, 5.41) is 5.99. The van der Waals surface area contributed by atoms with Gasteiger partial charge in [0.25, 0.3) is 0 Å². The van der Waals surface area contributed by atoms with Gasteiger partial charge in [-0.3, -0.25) is 4.79 Å². The number of likely N-dealkylation sites (tertiary alicyclic amines) is 1. The Morgan fingerprint density at radius 1 is 1.27 bits per heavy atom. The van der Waals surface area contributed by atoms with Crippen LogP contribution in [-0.2, 0) is 4.79 Å². The van der Waals surface area contributed by atoms with Gasteiger partial charge >= 0.3 is 0 Å². The van der Waals surface area contributed by atoms with E-state index >= 15 is 0 Å². The molecule has 2 aromatic heterocycles. The largest absolute Gasteiger partial charge is 0.494 e. The number of H-pyrrole nitrogens is 1. The van der Waals surface area contributed by atoms with E-state index in [2.05, 4.69) is 37.1 Å². The Morgan fingerprint density at radius 3 is 2.86 bits per heavy atom. The van der Waals surface area contributed by atoms with E-state index in [1.165, 1.54) is 18.2 Å². The van der Waals surface area contributed by atoms with Crippen LogP contribution in [0, 0.1) is 5.82 Å². The number of ether oxygens (including phenoxy) is 2. The van der Waals surface area contributed by atoms with E-state index in [1.54, 1.807) is 37.7 Å². The molecule has 1 saturated heterocycles. The molecule has 0 radical (unpaired) electrons. The Hall–Kier alpha value is -4.44. The summed E-state index contributed by atoms with van der Waals surface area (Å²) >= 11 is 0. The quantitative estimate of drug-likeness (QED) is 0.300. The van der Waals surface area contributed by atoms with E-state index in [0.717, 1.165) is 25.1 Å². The lowest BCUT2D eigenvalue weighted by Crippen LogP contribution is -2.22. The van der Waals surface area contributed by atoms with Crippen molar-refractivity contribution < 1.29 is 18.7 Å². The maximum Gasteiger partial charge on any atom is 0.247 e. The predicted octanol–water partition coefficient (Wildman–Crippen LogP) is 4.72. The lowest BCUT2D eigenvalue weighted by molar-refractivity contribution is -0.111. The summed E-state index contributed by atoms with van der Waals surface area (Å²) in [6, 6.07) is 9.77. The highest BCUT2D eigenvalue weighted by Crippen LogP contribution is 2.39. The van der Waals surface area contributed by atoms with Gasteiger partial charge in [-0.15, -0.1) is 0 Å². The third-order valence-electron chi connectivity index (χ3n) is 6.18. The van der Waals surface area contributed by atoms with Crippen molar-refractivity contribution in [1.29, 1.82) is 0 Å². The van der Waals surface area contributed by atoms with Gasteiger partial charge in [-0.05, 0) is 43.3 Å². The first kappa shape index (κ1) is 24.3. The SMILES string of the molecule is C=CC(=O)Nc1cc(Nc2ncc3[nH]cc(-c4cccc(F)c4)c3n2)c(OC)cc1OC1CCN(C)C1. The number of carbonyl (C=O) groups is 1. The Labute approximate surface area is 213 Å². The van der Waals surface area contributed by atoms with E-state index in [4.69, 9.17) is 9.47 Å². The second-order valence-electron chi connectivity index (χ2n) is 8.83. The zero-order valence-electron chi connectivity index (χ0n) is 20.5. The van der Waals surface area contributed by atoms with Crippen LogP contribution in [0.15, 0.2) is 61.4 Å². The molecule has 0 saturated carbocycles. The summed E-state index contributed by atoms with van der Waals surface area (Å²) in [5.74, 6) is 0.586. The summed E-state index contributed by atoms with van der Waals surface area (Å²) < 4.78 is 25.7. The standard InChI is InChI=1S/C27H27FN6O3/c1-4-25(35)31-21-11-20(23(36-3)12-24(21)37-18-8-9-34(2)15-18)32-27-30-14-22-26(33-27)19(13-29-22)16-6-5-7-17(28)10-16/h4-7,10-14,18,29H,1,8-9,15H2,2-3H3,(H,31,35)(H,30,32,33). The highest BCUT2D eigenvalue weighted by molar-refractivity contribution is 6.00. The van der Waals surface area contributed by atoms with Gasteiger partial charge in [0, 0.05) is 30.9 Å². The van der Waals surface area contributed by atoms with Gasteiger partial charge in [-0.1, -0.05) is 18.7 Å². The molecule has 1 fully saturated rings. The molecule has 1 unspecified atom stereocenters. The Morgan fingerprint density at radius 2 is 2.14 bits per heavy atom. The molecule has 4 aromatic rings. The number of carbonyl (C=O) groups excluding carboxylic acids is 1. The number of likely N-dealkylation sites (N-methyl/N-ethyl adjacent to an activating group) is 1. The van der Waals surface area contributed by atoms with Crippen molar-refractivity contribution in [2.24, 2.45) is 0 Å². The van der Waals surface area contributed by atoms with Crippen LogP contribution in [0.5, 0.6) is 11.5 Å². The van der Waals surface area contributed by atoms with Gasteiger partial charge in [-0.25, -0.2) is 14.4 Å². The van der Waals surface area contributed by atoms with E-state index < -0.39 is 0 Å². The smallest absolute Gasteiger partial charge is 0.247 e. The zero-order valence-corrected chi connectivity index (χ0v) is 20.5. The van der Waals surface area contributed by atoms with E-state index in [1.807, 2.05) is 13.1 Å². The number of methoxy groups -OCH3 is 1. The van der Waals surface area contributed by atoms with Crippen LogP contribution >= 0.6 is 0 Å². The van der Waals surface area contributed by atoms with Gasteiger partial charge in [0.15, 0.2) is 0 Å². The molecule has 2 aromatic carbocycles. The molecule has 3 N–H and O–H groups in total. The Kier molecular flexibility index (Phi) is 6.74. The minimum atomic E-state index is -0.366. The van der Waals surface area contributed by atoms with Crippen molar-refractivity contribution in [3.63, 3.8) is 0 Å². The van der Waals surface area contributed by atoms with Crippen molar-refractivity contribution in [2.45, 2.75) is 12.5 Å². The number of aromatic amines is 1. The van der Waals surface area contributed by atoms with Gasteiger partial charge in [0.1, 0.15) is 28.9 Å². The summed E-state index contributed by atoms with van der Waals surface area (Å²) in [7, 11) is 3.59. The number of benzene rings is 2. The lowest BCUT2D eigenvalue weighted by Gasteiger charge is -2.20. The molecular formula is C27H27FN6O3. The van der Waals surface area contributed by atoms with Crippen molar-refractivity contribution in [1.82, 2.24) is 19.9 Å². The van der Waals surface area contributed by atoms with E-state index in [9.17, 15) is 9.18 Å². The van der Waals surface area contributed by atoms with E-state index in [0.29, 0.717) is 45.4 Å². The first-order chi connectivity index (χ1) is 17.9. The first-order valence-corrected chi connectivity index (χ1v) is 11.8. The number of halogens is 1. The molecular weight excluding hydrogens is 475 g/mol. The average molecular weight is 503 g/mol. The van der Waals surface area contributed by atoms with Crippen LogP contribution < -0.4 is 20.1 Å². The fraction of sp³-hybridized carbons (Fsp3) is 0.222. The number of hydrogen-bond acceptors (Lipinski definition) is 7. The van der Waals surface area contributed by atoms with Crippen molar-refractivity contribution >= 4 is 34.3 Å². The minimum absolute atomic E-state index is 0.00604. The number of hydrogen-bond donors (Lipinski definition) is 3. The van der Waals surface area contributed by atoms with Crippen LogP contribution in [0.3, 0.4) is 0 Å². The molecule has 10 heteroatoms. The fourth-order valence-electron chi connectivity index (χ4n) is 4.34. The molecule has 5 rings (SSSR count). The summed E-state index contributed by atoms with van der Waals surface area (Å²) in [6.45, 7) is 5.26. The van der Waals surface area contributed by atoms with Crippen molar-refractivity contribution in [2.75, 3.05) is 37.9 Å². The number of fused-ring (bicyclic) bond motifs is 1. The summed E-state index contributed by atoms with van der Waals surface area (Å²) in [6.07, 6.45) is 5.49. The van der Waals surface area contributed by atoms with E-state index in [-0.39, 0.29) is 17.8 Å². The number of rotatable bonds is 8. The highest BCUT2D eigenvalue weighted by Gasteiger charge is 2.24. The monoisotopic (exact) mass is 502 g/mol. The van der Waals surface area contributed by atoms with Crippen LogP contribution in [0.1, 0.15) is 6.42 Å². The minimum Gasteiger partial charge on any atom is -0.494 e. The fourth-order valence-corrected chi connectivity index (χ4v) is 4.34. The number of aromatic nitrogens is 3. The zero-order chi connectivity index (χ0) is 25.9. The number of amides is 1. The topological polar surface area (TPSA) is 104 Å². The first-order valence-electron chi connectivity index (χ1n) is 11.8. The van der Waals surface area contributed by atoms with Gasteiger partial charge in [-0.2, -0.15) is 0 Å². The van der Waals surface area contributed by atoms with Crippen LogP contribution in [0.25, 0.3) is 22.2 Å². The van der Waals surface area contributed by atoms with Crippen LogP contribution in [0.4, 0.5) is 21.7 Å². The van der Waals surface area contributed by atoms with Crippen molar-refractivity contribution in [3.8, 4) is 22.6 Å². The predicted molar refractivity (Wildman–Crippen MR) is 141 cm³/mol. The molecule has 0 bridgehead atoms. The van der Waals surface area contributed by atoms with Crippen LogP contribution in [-0.4, -0.2) is 59.1 Å². The third kappa shape index (κ3) is 5.24. The molecule has 190 valence electrons. The highest BCUT2D eigenvalue weighted by atomic mass is 19.1. The molecule has 37 heavy (non-hydrogen) atoms.